The molecule has 3 rings (SSSR count). The Bertz CT molecular complexity index is 683. The highest BCUT2D eigenvalue weighted by Gasteiger charge is 2.34. The molecule has 6 nitrogen and oxygen atoms in total. The Morgan fingerprint density at radius 2 is 2.22 bits per heavy atom. The van der Waals surface area contributed by atoms with E-state index in [2.05, 4.69) is 17.1 Å². The fraction of sp³-hybridized carbons (Fsp3) is 0.471. The first-order valence-corrected chi connectivity index (χ1v) is 7.93. The van der Waals surface area contributed by atoms with Crippen LogP contribution in [0.25, 0.3) is 0 Å². The first-order chi connectivity index (χ1) is 11.2. The smallest absolute Gasteiger partial charge is 0.232 e. The standard InChI is InChI=1S/C17H21N3O3/c1-3-6-15-18-17(23-19-15)13-9-16(21)20(11-13)10-12-7-4-5-8-14(12)22-2/h4-5,7-8,13H,3,6,9-11H2,1-2H3. The van der Waals surface area contributed by atoms with Crippen molar-refractivity contribution in [1.29, 1.82) is 0 Å². The average Bonchev–Trinajstić information content (AvgIpc) is 3.16. The zero-order valence-electron chi connectivity index (χ0n) is 13.5. The normalized spacial score (nSPS) is 17.7. The van der Waals surface area contributed by atoms with Gasteiger partial charge in [-0.2, -0.15) is 4.98 Å². The van der Waals surface area contributed by atoms with Crippen LogP contribution in [0.2, 0.25) is 0 Å². The van der Waals surface area contributed by atoms with Crippen LogP contribution in [0.15, 0.2) is 28.8 Å². The summed E-state index contributed by atoms with van der Waals surface area (Å²) in [5.41, 5.74) is 1.00. The fourth-order valence-electron chi connectivity index (χ4n) is 2.89. The maximum Gasteiger partial charge on any atom is 0.232 e. The Hall–Kier alpha value is -2.37. The third-order valence-corrected chi connectivity index (χ3v) is 4.07. The van der Waals surface area contributed by atoms with E-state index in [9.17, 15) is 4.79 Å². The van der Waals surface area contributed by atoms with Crippen LogP contribution in [0.1, 0.15) is 43.0 Å². The van der Waals surface area contributed by atoms with Crippen molar-refractivity contribution in [3.8, 4) is 5.75 Å². The largest absolute Gasteiger partial charge is 0.496 e. The van der Waals surface area contributed by atoms with Crippen LogP contribution in [0, 0.1) is 0 Å². The molecule has 122 valence electrons. The number of carbonyl (C=O) groups is 1. The van der Waals surface area contributed by atoms with E-state index in [-0.39, 0.29) is 11.8 Å². The van der Waals surface area contributed by atoms with Crippen LogP contribution < -0.4 is 4.74 Å². The number of para-hydroxylation sites is 1. The summed E-state index contributed by atoms with van der Waals surface area (Å²) >= 11 is 0. The molecule has 0 saturated carbocycles. The van der Waals surface area contributed by atoms with Gasteiger partial charge in [-0.1, -0.05) is 30.3 Å². The van der Waals surface area contributed by atoms with Crippen molar-refractivity contribution in [2.75, 3.05) is 13.7 Å². The molecule has 1 aliphatic heterocycles. The molecule has 0 aliphatic carbocycles. The van der Waals surface area contributed by atoms with Crippen LogP contribution in [0.4, 0.5) is 0 Å². The van der Waals surface area contributed by atoms with Gasteiger partial charge < -0.3 is 14.2 Å². The lowest BCUT2D eigenvalue weighted by Crippen LogP contribution is -2.24. The van der Waals surface area contributed by atoms with E-state index in [4.69, 9.17) is 9.26 Å². The Morgan fingerprint density at radius 3 is 3.00 bits per heavy atom. The van der Waals surface area contributed by atoms with E-state index in [1.807, 2.05) is 29.2 Å². The molecule has 2 heterocycles. The fourth-order valence-corrected chi connectivity index (χ4v) is 2.89. The first kappa shape index (κ1) is 15.5. The monoisotopic (exact) mass is 315 g/mol. The van der Waals surface area contributed by atoms with Gasteiger partial charge in [-0.3, -0.25) is 4.79 Å². The molecular weight excluding hydrogens is 294 g/mol. The summed E-state index contributed by atoms with van der Waals surface area (Å²) in [6.45, 7) is 3.21. The lowest BCUT2D eigenvalue weighted by atomic mass is 10.1. The Kier molecular flexibility index (Phi) is 4.60. The molecule has 0 N–H and O–H groups in total. The summed E-state index contributed by atoms with van der Waals surface area (Å²) < 4.78 is 10.7. The van der Waals surface area contributed by atoms with E-state index >= 15 is 0 Å². The van der Waals surface area contributed by atoms with Crippen LogP contribution in [0.5, 0.6) is 5.75 Å². The molecule has 23 heavy (non-hydrogen) atoms. The number of rotatable bonds is 6. The number of aryl methyl sites for hydroxylation is 1. The first-order valence-electron chi connectivity index (χ1n) is 7.93. The van der Waals surface area contributed by atoms with Gasteiger partial charge in [-0.05, 0) is 12.5 Å². The van der Waals surface area contributed by atoms with E-state index < -0.39 is 0 Å². The number of likely N-dealkylation sites (tertiary alicyclic amines) is 1. The highest BCUT2D eigenvalue weighted by atomic mass is 16.5. The SMILES string of the molecule is CCCc1noc(C2CC(=O)N(Cc3ccccc3OC)C2)n1. The van der Waals surface area contributed by atoms with Gasteiger partial charge in [-0.15, -0.1) is 0 Å². The zero-order valence-corrected chi connectivity index (χ0v) is 13.5. The number of ether oxygens (including phenoxy) is 1. The topological polar surface area (TPSA) is 68.5 Å². The predicted molar refractivity (Wildman–Crippen MR) is 84.1 cm³/mol. The molecule has 6 heteroatoms. The summed E-state index contributed by atoms with van der Waals surface area (Å²) in [5, 5.41) is 3.98. The molecule has 1 saturated heterocycles. The minimum atomic E-state index is -0.0182. The Balaban J connectivity index is 1.69. The maximum absolute atomic E-state index is 12.3. The highest BCUT2D eigenvalue weighted by Crippen LogP contribution is 2.29. The molecule has 1 amide bonds. The minimum Gasteiger partial charge on any atom is -0.496 e. The van der Waals surface area contributed by atoms with Crippen LogP contribution in [-0.2, 0) is 17.8 Å². The lowest BCUT2D eigenvalue weighted by Gasteiger charge is -2.17. The van der Waals surface area contributed by atoms with Crippen LogP contribution in [-0.4, -0.2) is 34.6 Å². The zero-order chi connectivity index (χ0) is 16.2. The molecule has 1 aromatic heterocycles. The van der Waals surface area contributed by atoms with Gasteiger partial charge in [0.15, 0.2) is 5.82 Å². The van der Waals surface area contributed by atoms with Gasteiger partial charge in [-0.25, -0.2) is 0 Å². The number of amides is 1. The van der Waals surface area contributed by atoms with E-state index in [0.29, 0.717) is 25.4 Å². The van der Waals surface area contributed by atoms with Crippen molar-refractivity contribution >= 4 is 5.91 Å². The molecule has 1 unspecified atom stereocenters. The Labute approximate surface area is 135 Å². The quantitative estimate of drug-likeness (QED) is 0.819. The van der Waals surface area contributed by atoms with E-state index in [1.165, 1.54) is 0 Å². The number of benzene rings is 1. The highest BCUT2D eigenvalue weighted by molar-refractivity contribution is 5.79. The summed E-state index contributed by atoms with van der Waals surface area (Å²) in [6.07, 6.45) is 2.19. The molecule has 2 aromatic rings. The van der Waals surface area contributed by atoms with Gasteiger partial charge in [0.1, 0.15) is 5.75 Å². The maximum atomic E-state index is 12.3. The lowest BCUT2D eigenvalue weighted by molar-refractivity contribution is -0.128. The van der Waals surface area contributed by atoms with Crippen molar-refractivity contribution < 1.29 is 14.1 Å². The second-order valence-electron chi connectivity index (χ2n) is 5.79. The van der Waals surface area contributed by atoms with Crippen LogP contribution in [0.3, 0.4) is 0 Å². The number of methoxy groups -OCH3 is 1. The molecule has 0 radical (unpaired) electrons. The molecule has 1 atom stereocenters. The molecular formula is C17H21N3O3. The average molecular weight is 315 g/mol. The van der Waals surface area contributed by atoms with Crippen LogP contribution >= 0.6 is 0 Å². The Morgan fingerprint density at radius 1 is 1.39 bits per heavy atom. The van der Waals surface area contributed by atoms with E-state index in [0.717, 1.165) is 30.0 Å². The third kappa shape index (κ3) is 3.36. The van der Waals surface area contributed by atoms with Gasteiger partial charge in [0.2, 0.25) is 11.8 Å². The minimum absolute atomic E-state index is 0.0182. The van der Waals surface area contributed by atoms with Crippen molar-refractivity contribution in [3.63, 3.8) is 0 Å². The molecule has 0 spiro atoms. The molecule has 1 aromatic carbocycles. The van der Waals surface area contributed by atoms with Crippen molar-refractivity contribution in [3.05, 3.63) is 41.5 Å². The second kappa shape index (κ2) is 6.81. The number of nitrogens with zero attached hydrogens (tertiary/aromatic N) is 3. The summed E-state index contributed by atoms with van der Waals surface area (Å²) in [6, 6.07) is 7.75. The molecule has 1 fully saturated rings. The summed E-state index contributed by atoms with van der Waals surface area (Å²) in [7, 11) is 1.64. The van der Waals surface area contributed by atoms with Crippen molar-refractivity contribution in [1.82, 2.24) is 15.0 Å². The van der Waals surface area contributed by atoms with Gasteiger partial charge in [0.05, 0.1) is 13.0 Å². The predicted octanol–water partition coefficient (Wildman–Crippen LogP) is 2.55. The number of hydrogen-bond acceptors (Lipinski definition) is 5. The third-order valence-electron chi connectivity index (χ3n) is 4.07. The number of aromatic nitrogens is 2. The summed E-state index contributed by atoms with van der Waals surface area (Å²) in [4.78, 5) is 18.5. The summed E-state index contributed by atoms with van der Waals surface area (Å²) in [5.74, 6) is 2.18. The van der Waals surface area contributed by atoms with E-state index in [1.54, 1.807) is 7.11 Å². The van der Waals surface area contributed by atoms with Gasteiger partial charge in [0.25, 0.3) is 0 Å². The van der Waals surface area contributed by atoms with Gasteiger partial charge >= 0.3 is 0 Å². The molecule has 1 aliphatic rings. The number of carbonyl (C=O) groups excluding carboxylic acids is 1. The molecule has 0 bridgehead atoms. The van der Waals surface area contributed by atoms with Crippen molar-refractivity contribution in [2.24, 2.45) is 0 Å². The number of hydrogen-bond donors (Lipinski definition) is 0. The van der Waals surface area contributed by atoms with Crippen molar-refractivity contribution in [2.45, 2.75) is 38.6 Å². The van der Waals surface area contributed by atoms with Gasteiger partial charge in [0, 0.05) is 31.5 Å². The second-order valence-corrected chi connectivity index (χ2v) is 5.79.